The van der Waals surface area contributed by atoms with Gasteiger partial charge in [-0.3, -0.25) is 9.63 Å². The number of carboxylic acid groups (broad SMARTS) is 1. The summed E-state index contributed by atoms with van der Waals surface area (Å²) in [7, 11) is 0. The fourth-order valence-corrected chi connectivity index (χ4v) is 0.620. The highest BCUT2D eigenvalue weighted by Crippen LogP contribution is 1.71. The van der Waals surface area contributed by atoms with Gasteiger partial charge in [0.1, 0.15) is 0 Å². The number of carboxylic acids is 1. The van der Waals surface area contributed by atoms with Crippen molar-refractivity contribution in [3.8, 4) is 0 Å². The van der Waals surface area contributed by atoms with Crippen LogP contribution in [0.4, 0.5) is 4.79 Å². The number of amides is 3. The van der Waals surface area contributed by atoms with Gasteiger partial charge in [-0.2, -0.15) is 0 Å². The third-order valence-corrected chi connectivity index (χ3v) is 1.14. The average Bonchev–Trinajstić information content (AvgIpc) is 2.14. The molecule has 0 aliphatic heterocycles. The van der Waals surface area contributed by atoms with E-state index in [1.54, 1.807) is 12.4 Å². The van der Waals surface area contributed by atoms with E-state index in [0.717, 1.165) is 0 Å². The van der Waals surface area contributed by atoms with E-state index in [1.165, 1.54) is 0 Å². The lowest BCUT2D eigenvalue weighted by Crippen LogP contribution is -2.42. The van der Waals surface area contributed by atoms with Crippen LogP contribution in [0.25, 0.3) is 0 Å². The van der Waals surface area contributed by atoms with Crippen LogP contribution in [0.1, 0.15) is 6.92 Å². The van der Waals surface area contributed by atoms with Gasteiger partial charge in [-0.15, -0.1) is 0 Å². The molecule has 0 aliphatic carbocycles. The Morgan fingerprint density at radius 2 is 1.93 bits per heavy atom. The number of hydrogen-bond donors (Lipinski definition) is 4. The van der Waals surface area contributed by atoms with Gasteiger partial charge >= 0.3 is 12.0 Å². The molecule has 0 unspecified atom stereocenters. The second kappa shape index (κ2) is 7.56. The first-order valence-corrected chi connectivity index (χ1v) is 4.20. The van der Waals surface area contributed by atoms with E-state index in [4.69, 9.17) is 5.11 Å². The fraction of sp³-hybridized carbons (Fsp3) is 0.571. The molecule has 86 valence electrons. The van der Waals surface area contributed by atoms with Gasteiger partial charge < -0.3 is 15.7 Å². The molecule has 0 saturated carbocycles. The lowest BCUT2D eigenvalue weighted by molar-refractivity contribution is -0.144. The molecule has 0 aromatic heterocycles. The second-order valence-corrected chi connectivity index (χ2v) is 2.42. The molecule has 0 rings (SSSR count). The van der Waals surface area contributed by atoms with E-state index >= 15 is 0 Å². The van der Waals surface area contributed by atoms with E-state index in [2.05, 4.69) is 15.5 Å². The van der Waals surface area contributed by atoms with Gasteiger partial charge in [0.05, 0.1) is 6.54 Å². The number of aliphatic carboxylic acids is 1. The summed E-state index contributed by atoms with van der Waals surface area (Å²) in [6.45, 7) is 1.37. The molecule has 0 heterocycles. The van der Waals surface area contributed by atoms with Gasteiger partial charge in [-0.1, -0.05) is 0 Å². The van der Waals surface area contributed by atoms with Crippen LogP contribution in [-0.4, -0.2) is 42.7 Å². The monoisotopic (exact) mass is 219 g/mol. The fourth-order valence-electron chi connectivity index (χ4n) is 0.620. The first kappa shape index (κ1) is 13.2. The zero-order valence-corrected chi connectivity index (χ0v) is 8.20. The largest absolute Gasteiger partial charge is 0.479 e. The molecule has 0 aliphatic rings. The highest BCUT2D eigenvalue weighted by Gasteiger charge is 2.04. The van der Waals surface area contributed by atoms with E-state index in [0.29, 0.717) is 6.54 Å². The van der Waals surface area contributed by atoms with Crippen molar-refractivity contribution in [2.75, 3.05) is 19.7 Å². The van der Waals surface area contributed by atoms with Crippen molar-refractivity contribution in [3.63, 3.8) is 0 Å². The summed E-state index contributed by atoms with van der Waals surface area (Å²) in [6, 6.07) is -0.775. The molecule has 0 radical (unpaired) electrons. The molecule has 0 aromatic rings. The molecule has 0 fully saturated rings. The molecule has 8 heteroatoms. The van der Waals surface area contributed by atoms with Gasteiger partial charge in [0.15, 0.2) is 6.61 Å². The van der Waals surface area contributed by atoms with Gasteiger partial charge in [0, 0.05) is 6.54 Å². The number of hydrogen-bond acceptors (Lipinski definition) is 4. The molecule has 8 nitrogen and oxygen atoms in total. The predicted molar refractivity (Wildman–Crippen MR) is 48.8 cm³/mol. The molecule has 0 saturated heterocycles. The van der Waals surface area contributed by atoms with Crippen molar-refractivity contribution < 1.29 is 24.3 Å². The summed E-state index contributed by atoms with van der Waals surface area (Å²) in [6.07, 6.45) is 0. The summed E-state index contributed by atoms with van der Waals surface area (Å²) in [5, 5.41) is 12.8. The predicted octanol–water partition coefficient (Wildman–Crippen LogP) is -1.56. The van der Waals surface area contributed by atoms with Gasteiger partial charge in [-0.25, -0.2) is 15.1 Å². The first-order valence-electron chi connectivity index (χ1n) is 4.20. The molecule has 0 aromatic carbocycles. The number of hydroxylamine groups is 1. The quantitative estimate of drug-likeness (QED) is 0.403. The zero-order valence-electron chi connectivity index (χ0n) is 8.20. The summed E-state index contributed by atoms with van der Waals surface area (Å²) in [5.41, 5.74) is 1.80. The van der Waals surface area contributed by atoms with Crippen molar-refractivity contribution in [2.45, 2.75) is 6.92 Å². The van der Waals surface area contributed by atoms with Crippen LogP contribution in [-0.2, 0) is 14.4 Å². The Kier molecular flexibility index (Phi) is 6.64. The van der Waals surface area contributed by atoms with Crippen LogP contribution in [0, 0.1) is 0 Å². The Morgan fingerprint density at radius 3 is 2.47 bits per heavy atom. The average molecular weight is 219 g/mol. The number of urea groups is 1. The molecular formula is C7H13N3O5. The Labute approximate surface area is 85.9 Å². The van der Waals surface area contributed by atoms with Crippen molar-refractivity contribution in [2.24, 2.45) is 0 Å². The van der Waals surface area contributed by atoms with Crippen LogP contribution in [0.2, 0.25) is 0 Å². The van der Waals surface area contributed by atoms with Crippen LogP contribution < -0.4 is 16.1 Å². The second-order valence-electron chi connectivity index (χ2n) is 2.42. The van der Waals surface area contributed by atoms with Crippen LogP contribution >= 0.6 is 0 Å². The molecule has 3 amide bonds. The Balaban J connectivity index is 3.49. The number of carbonyl (C=O) groups excluding carboxylic acids is 2. The van der Waals surface area contributed by atoms with Crippen molar-refractivity contribution in [1.29, 1.82) is 0 Å². The van der Waals surface area contributed by atoms with Crippen molar-refractivity contribution >= 4 is 17.9 Å². The van der Waals surface area contributed by atoms with Gasteiger partial charge in [0.25, 0.3) is 0 Å². The molecule has 0 spiro atoms. The van der Waals surface area contributed by atoms with Crippen LogP contribution in [0.3, 0.4) is 0 Å². The molecule has 4 N–H and O–H groups in total. The maximum atomic E-state index is 10.8. The summed E-state index contributed by atoms with van der Waals surface area (Å²) >= 11 is 0. The first-order chi connectivity index (χ1) is 7.06. The molecular weight excluding hydrogens is 206 g/mol. The van der Waals surface area contributed by atoms with Crippen LogP contribution in [0.5, 0.6) is 0 Å². The van der Waals surface area contributed by atoms with E-state index in [1.807, 2.05) is 0 Å². The minimum atomic E-state index is -1.21. The summed E-state index contributed by atoms with van der Waals surface area (Å²) in [4.78, 5) is 35.9. The smallest absolute Gasteiger partial charge is 0.339 e. The third-order valence-electron chi connectivity index (χ3n) is 1.14. The zero-order chi connectivity index (χ0) is 11.7. The lowest BCUT2D eigenvalue weighted by Gasteiger charge is -2.06. The topological polar surface area (TPSA) is 117 Å². The van der Waals surface area contributed by atoms with E-state index < -0.39 is 18.6 Å². The Bertz CT molecular complexity index is 243. The summed E-state index contributed by atoms with van der Waals surface area (Å²) < 4.78 is 0. The third kappa shape index (κ3) is 8.50. The standard InChI is InChI=1S/C7H13N3O5/c1-2-8-5(11)3-9-7(14)10-15-4-6(12)13/h2-4H2,1H3,(H,8,11)(H,12,13)(H2,9,10,14). The van der Waals surface area contributed by atoms with Gasteiger partial charge in [-0.05, 0) is 6.92 Å². The lowest BCUT2D eigenvalue weighted by atomic mass is 10.5. The SMILES string of the molecule is CCNC(=O)CNC(=O)NOCC(=O)O. The van der Waals surface area contributed by atoms with Crippen LogP contribution in [0.15, 0.2) is 0 Å². The van der Waals surface area contributed by atoms with E-state index in [9.17, 15) is 14.4 Å². The van der Waals surface area contributed by atoms with Crippen molar-refractivity contribution in [3.05, 3.63) is 0 Å². The molecule has 0 atom stereocenters. The minimum absolute atomic E-state index is 0.198. The number of likely N-dealkylation sites (N-methyl/N-ethyl adjacent to an activating group) is 1. The Hall–Kier alpha value is -1.83. The highest BCUT2D eigenvalue weighted by atomic mass is 16.7. The number of nitrogens with one attached hydrogen (secondary N) is 3. The minimum Gasteiger partial charge on any atom is -0.479 e. The maximum Gasteiger partial charge on any atom is 0.339 e. The highest BCUT2D eigenvalue weighted by molar-refractivity contribution is 5.83. The number of carbonyl (C=O) groups is 3. The molecule has 15 heavy (non-hydrogen) atoms. The summed E-state index contributed by atoms with van der Waals surface area (Å²) in [5.74, 6) is -1.55. The normalized spacial score (nSPS) is 9.13. The van der Waals surface area contributed by atoms with Gasteiger partial charge in [0.2, 0.25) is 5.91 Å². The molecule has 0 bridgehead atoms. The Morgan fingerprint density at radius 1 is 1.27 bits per heavy atom. The van der Waals surface area contributed by atoms with E-state index in [-0.39, 0.29) is 12.5 Å². The maximum absolute atomic E-state index is 10.8. The number of rotatable bonds is 6. The van der Waals surface area contributed by atoms with Crippen molar-refractivity contribution in [1.82, 2.24) is 16.1 Å².